The monoisotopic (exact) mass is 433 g/mol. The fourth-order valence-corrected chi connectivity index (χ4v) is 4.85. The second-order valence-electron chi connectivity index (χ2n) is 9.02. The smallest absolute Gasteiger partial charge is 0.287 e. The van der Waals surface area contributed by atoms with E-state index in [1.807, 2.05) is 12.4 Å². The van der Waals surface area contributed by atoms with Crippen LogP contribution in [0.1, 0.15) is 67.1 Å². The molecule has 0 spiro atoms. The van der Waals surface area contributed by atoms with Crippen LogP contribution < -0.4 is 5.32 Å². The number of carbonyl (C=O) groups excluding carboxylic acids is 1. The fraction of sp³-hybridized carbons (Fsp3) is 0.462. The molecule has 1 saturated heterocycles. The first-order valence-corrected chi connectivity index (χ1v) is 11.8. The van der Waals surface area contributed by atoms with Gasteiger partial charge in [-0.15, -0.1) is 0 Å². The van der Waals surface area contributed by atoms with Gasteiger partial charge in [0.05, 0.1) is 18.1 Å². The summed E-state index contributed by atoms with van der Waals surface area (Å²) in [4.78, 5) is 17.5. The molecule has 2 aliphatic rings. The lowest BCUT2D eigenvalue weighted by atomic mass is 9.95. The van der Waals surface area contributed by atoms with Crippen molar-refractivity contribution in [2.24, 2.45) is 0 Å². The van der Waals surface area contributed by atoms with Crippen LogP contribution in [0.2, 0.25) is 0 Å². The van der Waals surface area contributed by atoms with Crippen molar-refractivity contribution in [1.29, 1.82) is 0 Å². The summed E-state index contributed by atoms with van der Waals surface area (Å²) >= 11 is 0. The minimum absolute atomic E-state index is 0.106. The van der Waals surface area contributed by atoms with Crippen molar-refractivity contribution in [3.8, 4) is 22.7 Å². The predicted octanol–water partition coefficient (Wildman–Crippen LogP) is 5.53. The molecule has 1 aromatic carbocycles. The van der Waals surface area contributed by atoms with E-state index in [1.165, 1.54) is 24.8 Å². The quantitative estimate of drug-likeness (QED) is 0.555. The van der Waals surface area contributed by atoms with Gasteiger partial charge in [-0.3, -0.25) is 4.79 Å². The van der Waals surface area contributed by atoms with Gasteiger partial charge in [-0.05, 0) is 44.7 Å². The third kappa shape index (κ3) is 4.37. The Morgan fingerprint density at radius 3 is 2.62 bits per heavy atom. The summed E-state index contributed by atoms with van der Waals surface area (Å²) in [7, 11) is 0. The van der Waals surface area contributed by atoms with Gasteiger partial charge < -0.3 is 19.0 Å². The van der Waals surface area contributed by atoms with E-state index in [9.17, 15) is 4.79 Å². The highest BCUT2D eigenvalue weighted by molar-refractivity contribution is 5.92. The van der Waals surface area contributed by atoms with Crippen LogP contribution in [0.4, 0.5) is 0 Å². The molecule has 1 N–H and O–H groups in total. The van der Waals surface area contributed by atoms with Gasteiger partial charge in [-0.25, -0.2) is 4.98 Å². The van der Waals surface area contributed by atoms with Crippen molar-refractivity contribution in [1.82, 2.24) is 14.9 Å². The molecule has 1 aliphatic carbocycles. The van der Waals surface area contributed by atoms with Gasteiger partial charge in [0.2, 0.25) is 0 Å². The summed E-state index contributed by atoms with van der Waals surface area (Å²) in [5.41, 5.74) is 4.13. The van der Waals surface area contributed by atoms with E-state index < -0.39 is 0 Å². The van der Waals surface area contributed by atoms with Crippen LogP contribution in [-0.2, 0) is 4.74 Å². The molecule has 1 unspecified atom stereocenters. The molecule has 1 saturated carbocycles. The molecular weight excluding hydrogens is 402 g/mol. The minimum atomic E-state index is -0.202. The molecule has 2 aromatic heterocycles. The number of amides is 1. The first-order valence-electron chi connectivity index (χ1n) is 11.8. The van der Waals surface area contributed by atoms with E-state index in [-0.39, 0.29) is 12.0 Å². The fourth-order valence-electron chi connectivity index (χ4n) is 4.85. The lowest BCUT2D eigenvalue weighted by molar-refractivity contribution is 0.0836. The number of furan rings is 1. The highest BCUT2D eigenvalue weighted by Crippen LogP contribution is 2.38. The summed E-state index contributed by atoms with van der Waals surface area (Å²) < 4.78 is 14.0. The number of nitrogens with one attached hydrogen (secondary N) is 1. The van der Waals surface area contributed by atoms with Gasteiger partial charge in [0.25, 0.3) is 5.91 Å². The zero-order valence-corrected chi connectivity index (χ0v) is 18.7. The first-order chi connectivity index (χ1) is 15.7. The Morgan fingerprint density at radius 1 is 1.06 bits per heavy atom. The molecule has 6 nitrogen and oxygen atoms in total. The molecule has 6 heteroatoms. The lowest BCUT2D eigenvalue weighted by Crippen LogP contribution is -2.31. The van der Waals surface area contributed by atoms with Crippen LogP contribution in [0, 0.1) is 6.92 Å². The summed E-state index contributed by atoms with van der Waals surface area (Å²) in [6.07, 6.45) is 10.1. The maximum atomic E-state index is 12.7. The van der Waals surface area contributed by atoms with E-state index in [2.05, 4.69) is 41.1 Å². The van der Waals surface area contributed by atoms with E-state index in [4.69, 9.17) is 14.1 Å². The largest absolute Gasteiger partial charge is 0.449 e. The molecule has 0 radical (unpaired) electrons. The van der Waals surface area contributed by atoms with Crippen LogP contribution in [-0.4, -0.2) is 34.7 Å². The highest BCUT2D eigenvalue weighted by atomic mass is 16.5. The number of rotatable bonds is 6. The highest BCUT2D eigenvalue weighted by Gasteiger charge is 2.25. The van der Waals surface area contributed by atoms with Crippen LogP contribution in [0.15, 0.2) is 47.1 Å². The SMILES string of the molecule is Cc1ccc(-c2ncn(C3CCCCC3)c2-c2ccc(C(=O)NCC3CCCO3)o2)cc1. The standard InChI is InChI=1S/C26H31N3O3/c1-18-9-11-19(12-10-18)24-25(29(17-28-24)20-6-3-2-4-7-20)22-13-14-23(32-22)26(30)27-16-21-8-5-15-31-21/h9-14,17,20-21H,2-8,15-16H2,1H3,(H,27,30). The molecule has 1 atom stereocenters. The van der Waals surface area contributed by atoms with Gasteiger partial charge in [-0.1, -0.05) is 49.1 Å². The van der Waals surface area contributed by atoms with Crippen molar-refractivity contribution >= 4 is 5.91 Å². The number of aryl methyl sites for hydroxylation is 1. The Balaban J connectivity index is 1.45. The molecule has 3 aromatic rings. The van der Waals surface area contributed by atoms with Crippen molar-refractivity contribution in [2.75, 3.05) is 13.2 Å². The number of carbonyl (C=O) groups is 1. The second kappa shape index (κ2) is 9.33. The average Bonchev–Trinajstić information content (AvgIpc) is 3.59. The van der Waals surface area contributed by atoms with Gasteiger partial charge in [0.1, 0.15) is 5.69 Å². The van der Waals surface area contributed by atoms with Crippen LogP contribution in [0.25, 0.3) is 22.7 Å². The van der Waals surface area contributed by atoms with Crippen molar-refractivity contribution in [2.45, 2.75) is 64.0 Å². The minimum Gasteiger partial charge on any atom is -0.449 e. The van der Waals surface area contributed by atoms with Crippen molar-refractivity contribution in [3.63, 3.8) is 0 Å². The van der Waals surface area contributed by atoms with Gasteiger partial charge >= 0.3 is 0 Å². The van der Waals surface area contributed by atoms with Crippen LogP contribution in [0.5, 0.6) is 0 Å². The Hall–Kier alpha value is -2.86. The zero-order chi connectivity index (χ0) is 21.9. The van der Waals surface area contributed by atoms with Crippen molar-refractivity contribution < 1.29 is 13.9 Å². The maximum Gasteiger partial charge on any atom is 0.287 e. The Kier molecular flexibility index (Phi) is 6.12. The number of benzene rings is 1. The third-order valence-electron chi connectivity index (χ3n) is 6.66. The topological polar surface area (TPSA) is 69.3 Å². The van der Waals surface area contributed by atoms with Gasteiger partial charge in [0.15, 0.2) is 11.5 Å². The molecule has 1 aliphatic heterocycles. The maximum absolute atomic E-state index is 12.7. The Bertz CT molecular complexity index is 1050. The average molecular weight is 434 g/mol. The summed E-state index contributed by atoms with van der Waals surface area (Å²) in [6.45, 7) is 3.38. The molecule has 2 fully saturated rings. The first kappa shape index (κ1) is 21.0. The van der Waals surface area contributed by atoms with Crippen molar-refractivity contribution in [3.05, 3.63) is 54.0 Å². The normalized spacial score (nSPS) is 19.3. The summed E-state index contributed by atoms with van der Waals surface area (Å²) in [6, 6.07) is 12.5. The lowest BCUT2D eigenvalue weighted by Gasteiger charge is -2.24. The number of hydrogen-bond acceptors (Lipinski definition) is 4. The molecule has 0 bridgehead atoms. The van der Waals surface area contributed by atoms with Gasteiger partial charge in [-0.2, -0.15) is 0 Å². The summed E-state index contributed by atoms with van der Waals surface area (Å²) in [5, 5.41) is 2.95. The second-order valence-corrected chi connectivity index (χ2v) is 9.02. The molecule has 3 heterocycles. The number of aromatic nitrogens is 2. The number of ether oxygens (including phenoxy) is 1. The van der Waals surface area contributed by atoms with E-state index in [1.54, 1.807) is 6.07 Å². The predicted molar refractivity (Wildman–Crippen MR) is 124 cm³/mol. The summed E-state index contributed by atoms with van der Waals surface area (Å²) in [5.74, 6) is 0.808. The van der Waals surface area contributed by atoms with Crippen LogP contribution in [0.3, 0.4) is 0 Å². The Labute approximate surface area is 189 Å². The Morgan fingerprint density at radius 2 is 1.88 bits per heavy atom. The van der Waals surface area contributed by atoms with Gasteiger partial charge in [0, 0.05) is 24.8 Å². The number of imidazole rings is 1. The van der Waals surface area contributed by atoms with E-state index in [0.29, 0.717) is 24.1 Å². The van der Waals surface area contributed by atoms with E-state index >= 15 is 0 Å². The molecular formula is C26H31N3O3. The molecule has 5 rings (SSSR count). The zero-order valence-electron chi connectivity index (χ0n) is 18.7. The van der Waals surface area contributed by atoms with E-state index in [0.717, 1.165) is 49.2 Å². The number of nitrogens with zero attached hydrogens (tertiary/aromatic N) is 2. The third-order valence-corrected chi connectivity index (χ3v) is 6.66. The molecule has 168 valence electrons. The number of hydrogen-bond donors (Lipinski definition) is 1. The molecule has 32 heavy (non-hydrogen) atoms. The molecule has 1 amide bonds. The van der Waals surface area contributed by atoms with Crippen LogP contribution >= 0.6 is 0 Å².